The largest absolute Gasteiger partial charge is 0.390 e. The predicted octanol–water partition coefficient (Wildman–Crippen LogP) is 2.21. The third-order valence-electron chi connectivity index (χ3n) is 4.49. The number of hydrogen-bond donors (Lipinski definition) is 1. The minimum absolute atomic E-state index is 0.0390. The summed E-state index contributed by atoms with van der Waals surface area (Å²) in [5, 5.41) is 10.3. The summed E-state index contributed by atoms with van der Waals surface area (Å²) in [4.78, 5) is 24.2. The van der Waals surface area contributed by atoms with E-state index in [1.807, 2.05) is 18.2 Å². The Morgan fingerprint density at radius 2 is 1.86 bits per heavy atom. The first kappa shape index (κ1) is 16.6. The predicted molar refractivity (Wildman–Crippen MR) is 84.7 cm³/mol. The lowest BCUT2D eigenvalue weighted by Crippen LogP contribution is -2.37. The first-order chi connectivity index (χ1) is 10.3. The Balaban J connectivity index is 2.24. The average Bonchev–Trinajstić information content (AvgIpc) is 3.28. The Morgan fingerprint density at radius 3 is 2.32 bits per heavy atom. The van der Waals surface area contributed by atoms with Crippen molar-refractivity contribution in [3.05, 3.63) is 35.9 Å². The van der Waals surface area contributed by atoms with Crippen molar-refractivity contribution in [1.29, 1.82) is 0 Å². The second-order valence-electron chi connectivity index (χ2n) is 6.47. The van der Waals surface area contributed by atoms with Gasteiger partial charge in [-0.25, -0.2) is 4.79 Å². The van der Waals surface area contributed by atoms with Gasteiger partial charge in [0.25, 0.3) is 0 Å². The van der Waals surface area contributed by atoms with Gasteiger partial charge in [-0.15, -0.1) is 0 Å². The van der Waals surface area contributed by atoms with Crippen molar-refractivity contribution in [1.82, 2.24) is 0 Å². The van der Waals surface area contributed by atoms with Crippen LogP contribution in [0.1, 0.15) is 38.8 Å². The van der Waals surface area contributed by atoms with Crippen LogP contribution >= 0.6 is 0 Å². The molecule has 118 valence electrons. The molecule has 2 rings (SSSR count). The van der Waals surface area contributed by atoms with Crippen molar-refractivity contribution in [2.24, 2.45) is 17.8 Å². The van der Waals surface area contributed by atoms with Crippen molar-refractivity contribution in [2.45, 2.75) is 39.3 Å². The number of aliphatic hydroxyl groups is 1. The highest BCUT2D eigenvalue weighted by Crippen LogP contribution is 2.45. The van der Waals surface area contributed by atoms with Crippen LogP contribution in [0.25, 0.3) is 0 Å². The summed E-state index contributed by atoms with van der Waals surface area (Å²) in [6, 6.07) is 8.36. The first-order valence-corrected chi connectivity index (χ1v) is 7.71. The maximum atomic E-state index is 12.6. The molecule has 0 aliphatic heterocycles. The monoisotopic (exact) mass is 302 g/mol. The molecule has 1 fully saturated rings. The average molecular weight is 302 g/mol. The van der Waals surface area contributed by atoms with Gasteiger partial charge in [0.15, 0.2) is 11.9 Å². The molecule has 4 heteroatoms. The number of carbonyl (C=O) groups excluding carboxylic acids is 2. The fraction of sp³-hybridized carbons (Fsp3) is 0.500. The van der Waals surface area contributed by atoms with Crippen LogP contribution in [0.3, 0.4) is 0 Å². The second kappa shape index (κ2) is 6.53. The maximum Gasteiger partial charge on any atom is 0.390 e. The summed E-state index contributed by atoms with van der Waals surface area (Å²) in [6.07, 6.45) is -0.402. The molecule has 0 spiro atoms. The number of ketones is 1. The molecule has 0 bridgehead atoms. The van der Waals surface area contributed by atoms with Crippen LogP contribution in [0.15, 0.2) is 30.3 Å². The lowest BCUT2D eigenvalue weighted by Gasteiger charge is -2.18. The Bertz CT molecular complexity index is 579. The summed E-state index contributed by atoms with van der Waals surface area (Å²) in [7, 11) is 0. The van der Waals surface area contributed by atoms with E-state index in [4.69, 9.17) is 0 Å². The second-order valence-corrected chi connectivity index (χ2v) is 6.47. The van der Waals surface area contributed by atoms with Crippen molar-refractivity contribution in [3.8, 4) is 0 Å². The number of aliphatic hydroxyl groups excluding tert-OH is 1. The lowest BCUT2D eigenvalue weighted by atomic mass is 9.97. The van der Waals surface area contributed by atoms with Gasteiger partial charge in [0.1, 0.15) is 6.72 Å². The van der Waals surface area contributed by atoms with Crippen LogP contribution in [0.2, 0.25) is 0 Å². The number of hydrogen-bond acceptors (Lipinski definition) is 3. The topological polar surface area (TPSA) is 57.4 Å². The van der Waals surface area contributed by atoms with Crippen molar-refractivity contribution in [2.75, 3.05) is 0 Å². The van der Waals surface area contributed by atoms with Gasteiger partial charge < -0.3 is 5.11 Å². The number of Topliss-reactive ketones (excluding diaryl/α,β-unsaturated/α-hetero) is 1. The van der Waals surface area contributed by atoms with Gasteiger partial charge in [-0.2, -0.15) is 4.58 Å². The molecular weight excluding hydrogens is 278 g/mol. The quantitative estimate of drug-likeness (QED) is 0.647. The minimum atomic E-state index is -1.26. The minimum Gasteiger partial charge on any atom is -0.379 e. The Kier molecular flexibility index (Phi) is 4.91. The van der Waals surface area contributed by atoms with Crippen LogP contribution in [0.5, 0.6) is 0 Å². The van der Waals surface area contributed by atoms with Gasteiger partial charge in [0.2, 0.25) is 6.04 Å². The molecule has 1 N–H and O–H groups in total. The Hall–Kier alpha value is -1.81. The highest BCUT2D eigenvalue weighted by atomic mass is 16.3. The smallest absolute Gasteiger partial charge is 0.379 e. The molecule has 0 heterocycles. The zero-order chi connectivity index (χ0) is 16.4. The number of amides is 1. The molecule has 4 nitrogen and oxygen atoms in total. The fourth-order valence-electron chi connectivity index (χ4n) is 2.99. The van der Waals surface area contributed by atoms with Crippen LogP contribution < -0.4 is 0 Å². The van der Waals surface area contributed by atoms with Crippen LogP contribution in [0, 0.1) is 17.8 Å². The highest BCUT2D eigenvalue weighted by molar-refractivity contribution is 5.82. The normalized spacial score (nSPS) is 23.0. The summed E-state index contributed by atoms with van der Waals surface area (Å²) in [5.41, 5.74) is 0.718. The third kappa shape index (κ3) is 3.33. The molecule has 0 radical (unpaired) electrons. The van der Waals surface area contributed by atoms with E-state index in [1.165, 1.54) is 11.5 Å². The zero-order valence-electron chi connectivity index (χ0n) is 13.4. The third-order valence-corrected chi connectivity index (χ3v) is 4.49. The SMILES string of the molecule is C=[N+](C(=O)C1CC1C(C)C)C(c1ccccc1)C(O)C(C)=O. The highest BCUT2D eigenvalue weighted by Gasteiger charge is 2.52. The molecule has 1 saturated carbocycles. The standard InChI is InChI=1S/C18H24NO3/c1-11(2)14-10-15(14)18(22)19(4)16(17(21)12(3)20)13-8-6-5-7-9-13/h5-9,11,14-17,21H,4,10H2,1-3H3/q+1. The summed E-state index contributed by atoms with van der Waals surface area (Å²) in [5.74, 6) is 0.333. The number of benzene rings is 1. The molecule has 1 aliphatic rings. The van der Waals surface area contributed by atoms with Gasteiger partial charge in [-0.3, -0.25) is 4.79 Å². The van der Waals surface area contributed by atoms with Gasteiger partial charge in [-0.1, -0.05) is 44.2 Å². The molecule has 1 amide bonds. The van der Waals surface area contributed by atoms with Gasteiger partial charge in [-0.05, 0) is 25.2 Å². The zero-order valence-corrected chi connectivity index (χ0v) is 13.4. The van der Waals surface area contributed by atoms with Crippen LogP contribution in [-0.4, -0.2) is 34.2 Å². The van der Waals surface area contributed by atoms with Crippen LogP contribution in [-0.2, 0) is 9.59 Å². The number of rotatable bonds is 6. The van der Waals surface area contributed by atoms with Crippen molar-refractivity contribution in [3.63, 3.8) is 0 Å². The van der Waals surface area contributed by atoms with E-state index in [0.29, 0.717) is 11.8 Å². The summed E-state index contributed by atoms with van der Waals surface area (Å²) >= 11 is 0. The molecular formula is C18H24NO3+. The van der Waals surface area contributed by atoms with Gasteiger partial charge in [0.05, 0.1) is 5.92 Å². The van der Waals surface area contributed by atoms with E-state index in [1.54, 1.807) is 12.1 Å². The fourth-order valence-corrected chi connectivity index (χ4v) is 2.99. The number of nitrogens with zero attached hydrogens (tertiary/aromatic N) is 1. The molecule has 22 heavy (non-hydrogen) atoms. The summed E-state index contributed by atoms with van der Waals surface area (Å²) in [6.45, 7) is 9.37. The molecule has 4 atom stereocenters. The lowest BCUT2D eigenvalue weighted by molar-refractivity contribution is -0.498. The van der Waals surface area contributed by atoms with Gasteiger partial charge >= 0.3 is 5.91 Å². The Morgan fingerprint density at radius 1 is 1.27 bits per heavy atom. The number of carbonyl (C=O) groups is 2. The van der Waals surface area contributed by atoms with E-state index < -0.39 is 12.1 Å². The van der Waals surface area contributed by atoms with E-state index in [9.17, 15) is 14.7 Å². The molecule has 1 aromatic rings. The first-order valence-electron chi connectivity index (χ1n) is 7.71. The maximum absolute atomic E-state index is 12.6. The van der Waals surface area contributed by atoms with E-state index in [2.05, 4.69) is 20.6 Å². The van der Waals surface area contributed by atoms with Crippen LogP contribution in [0.4, 0.5) is 0 Å². The van der Waals surface area contributed by atoms with Gasteiger partial charge in [0, 0.05) is 5.56 Å². The molecule has 1 aliphatic carbocycles. The van der Waals surface area contributed by atoms with Crippen molar-refractivity contribution < 1.29 is 19.3 Å². The molecule has 0 aromatic heterocycles. The van der Waals surface area contributed by atoms with Crippen molar-refractivity contribution >= 4 is 18.4 Å². The van der Waals surface area contributed by atoms with E-state index in [0.717, 1.165) is 12.0 Å². The van der Waals surface area contributed by atoms with E-state index >= 15 is 0 Å². The molecule has 4 unspecified atom stereocenters. The summed E-state index contributed by atoms with van der Waals surface area (Å²) < 4.78 is 1.30. The van der Waals surface area contributed by atoms with E-state index in [-0.39, 0.29) is 17.6 Å². The Labute approximate surface area is 131 Å². The molecule has 0 saturated heterocycles. The molecule has 1 aromatic carbocycles.